The molecule has 0 aromatic heterocycles. The number of phenolic OH excluding ortho intramolecular Hbond substituents is 1. The number of nitrogens with one attached hydrogen (secondary N) is 1. The maximum atomic E-state index is 13.3. The van der Waals surface area contributed by atoms with Crippen LogP contribution in [-0.2, 0) is 21.4 Å². The molecule has 3 aliphatic heterocycles. The van der Waals surface area contributed by atoms with Gasteiger partial charge in [0.05, 0.1) is 0 Å². The standard InChI is InChI=1S/C24H30N2O3/c27-16-4-3-14-10-20-23-6-5-18-21(24(23,7-8-25-20)17(14)11-16)15(12-23)13-26(18)22(28)19-2-1-9-29-19/h3-4,11,15,18-21,25,27H,1-2,5-10,12-13H2/t15-,18?,19-,20?,21?,23?,24?/m1/s1. The zero-order valence-corrected chi connectivity index (χ0v) is 16.9. The molecule has 29 heavy (non-hydrogen) atoms. The molecule has 0 spiro atoms. The number of phenols is 1. The van der Waals surface area contributed by atoms with Crippen molar-refractivity contribution in [3.8, 4) is 5.75 Å². The van der Waals surface area contributed by atoms with Crippen molar-refractivity contribution in [2.45, 2.75) is 68.5 Å². The summed E-state index contributed by atoms with van der Waals surface area (Å²) in [7, 11) is 0. The summed E-state index contributed by atoms with van der Waals surface area (Å²) in [6, 6.07) is 6.99. The summed E-state index contributed by atoms with van der Waals surface area (Å²) in [5.74, 6) is 1.77. The molecule has 6 aliphatic rings. The van der Waals surface area contributed by atoms with E-state index in [0.29, 0.717) is 35.1 Å². The SMILES string of the molecule is O=C([C@H]1CCCO1)N1C[C@H]2CC34CCC1C2C31CCNC4Cc2ccc(O)cc21. The van der Waals surface area contributed by atoms with E-state index in [-0.39, 0.29) is 17.4 Å². The molecule has 1 amide bonds. The molecule has 7 atom stereocenters. The Hall–Kier alpha value is -1.59. The van der Waals surface area contributed by atoms with Crippen molar-refractivity contribution in [3.63, 3.8) is 0 Å². The van der Waals surface area contributed by atoms with Gasteiger partial charge in [0.2, 0.25) is 0 Å². The summed E-state index contributed by atoms with van der Waals surface area (Å²) in [4.78, 5) is 15.6. The van der Waals surface area contributed by atoms with E-state index in [1.165, 1.54) is 24.0 Å². The van der Waals surface area contributed by atoms with E-state index in [1.54, 1.807) is 0 Å². The molecule has 2 N–H and O–H groups in total. The smallest absolute Gasteiger partial charge is 0.251 e. The highest BCUT2D eigenvalue weighted by Gasteiger charge is 2.75. The monoisotopic (exact) mass is 394 g/mol. The number of fused-ring (bicyclic) bond motifs is 1. The van der Waals surface area contributed by atoms with E-state index in [4.69, 9.17) is 4.74 Å². The number of ether oxygens (including phenoxy) is 1. The van der Waals surface area contributed by atoms with Gasteiger partial charge >= 0.3 is 0 Å². The lowest BCUT2D eigenvalue weighted by Crippen LogP contribution is -2.69. The van der Waals surface area contributed by atoms with Gasteiger partial charge in [0.1, 0.15) is 11.9 Å². The van der Waals surface area contributed by atoms with E-state index >= 15 is 0 Å². The van der Waals surface area contributed by atoms with Gasteiger partial charge in [-0.25, -0.2) is 0 Å². The van der Waals surface area contributed by atoms with E-state index in [9.17, 15) is 9.90 Å². The molecule has 5 unspecified atom stereocenters. The van der Waals surface area contributed by atoms with Crippen LogP contribution in [-0.4, -0.2) is 53.8 Å². The fourth-order valence-electron chi connectivity index (χ4n) is 9.10. The summed E-state index contributed by atoms with van der Waals surface area (Å²) in [5, 5.41) is 14.3. The molecule has 3 saturated heterocycles. The normalized spacial score (nSPS) is 46.5. The zero-order valence-electron chi connectivity index (χ0n) is 16.9. The van der Waals surface area contributed by atoms with Crippen molar-refractivity contribution < 1.29 is 14.6 Å². The van der Waals surface area contributed by atoms with Crippen LogP contribution in [0.4, 0.5) is 0 Å². The zero-order chi connectivity index (χ0) is 19.4. The topological polar surface area (TPSA) is 61.8 Å². The van der Waals surface area contributed by atoms with Gasteiger partial charge in [-0.3, -0.25) is 4.79 Å². The lowest BCUT2D eigenvalue weighted by atomic mass is 9.44. The van der Waals surface area contributed by atoms with E-state index in [1.807, 2.05) is 6.07 Å². The van der Waals surface area contributed by atoms with Crippen LogP contribution in [0.25, 0.3) is 0 Å². The van der Waals surface area contributed by atoms with Gasteiger partial charge < -0.3 is 20.1 Å². The number of hydrogen-bond donors (Lipinski definition) is 2. The molecule has 5 fully saturated rings. The van der Waals surface area contributed by atoms with Gasteiger partial charge in [-0.05, 0) is 92.0 Å². The first-order valence-electron chi connectivity index (χ1n) is 11.6. The number of aromatic hydroxyl groups is 1. The van der Waals surface area contributed by atoms with Crippen LogP contribution in [0.2, 0.25) is 0 Å². The molecule has 3 aliphatic carbocycles. The maximum Gasteiger partial charge on any atom is 0.251 e. The number of hydrogen-bond acceptors (Lipinski definition) is 4. The van der Waals surface area contributed by atoms with Crippen molar-refractivity contribution in [2.24, 2.45) is 17.3 Å². The molecule has 5 heteroatoms. The third kappa shape index (κ3) is 1.88. The number of rotatable bonds is 1. The molecule has 7 rings (SSSR count). The Morgan fingerprint density at radius 1 is 1.28 bits per heavy atom. The molecule has 5 nitrogen and oxygen atoms in total. The van der Waals surface area contributed by atoms with E-state index in [2.05, 4.69) is 22.3 Å². The predicted molar refractivity (Wildman–Crippen MR) is 108 cm³/mol. The minimum Gasteiger partial charge on any atom is -0.508 e. The van der Waals surface area contributed by atoms with Crippen molar-refractivity contribution in [1.29, 1.82) is 0 Å². The third-order valence-electron chi connectivity index (χ3n) is 9.79. The Morgan fingerprint density at radius 2 is 2.21 bits per heavy atom. The third-order valence-corrected chi connectivity index (χ3v) is 9.79. The Balaban J connectivity index is 1.36. The fraction of sp³-hybridized carbons (Fsp3) is 0.708. The number of piperidine rings is 1. The van der Waals surface area contributed by atoms with Crippen molar-refractivity contribution in [2.75, 3.05) is 19.7 Å². The molecule has 1 aromatic rings. The lowest BCUT2D eigenvalue weighted by Gasteiger charge is -2.64. The van der Waals surface area contributed by atoms with Crippen LogP contribution in [0, 0.1) is 17.3 Å². The number of likely N-dealkylation sites (tertiary alicyclic amines) is 1. The molecule has 154 valence electrons. The van der Waals surface area contributed by atoms with Crippen molar-refractivity contribution in [1.82, 2.24) is 10.2 Å². The first kappa shape index (κ1) is 17.1. The largest absolute Gasteiger partial charge is 0.508 e. The Morgan fingerprint density at radius 3 is 3.07 bits per heavy atom. The molecular weight excluding hydrogens is 364 g/mol. The number of benzene rings is 1. The molecular formula is C24H30N2O3. The lowest BCUT2D eigenvalue weighted by molar-refractivity contribution is -0.145. The first-order chi connectivity index (χ1) is 14.1. The van der Waals surface area contributed by atoms with Crippen LogP contribution < -0.4 is 5.32 Å². The summed E-state index contributed by atoms with van der Waals surface area (Å²) in [6.07, 6.45) is 7.47. The van der Waals surface area contributed by atoms with Crippen LogP contribution in [0.5, 0.6) is 5.75 Å². The summed E-state index contributed by atoms with van der Waals surface area (Å²) < 4.78 is 5.78. The van der Waals surface area contributed by atoms with Crippen LogP contribution in [0.3, 0.4) is 0 Å². The van der Waals surface area contributed by atoms with Gasteiger partial charge in [-0.15, -0.1) is 0 Å². The van der Waals surface area contributed by atoms with Gasteiger partial charge in [0.25, 0.3) is 5.91 Å². The van der Waals surface area contributed by atoms with Crippen LogP contribution >= 0.6 is 0 Å². The number of amides is 1. The highest BCUT2D eigenvalue weighted by Crippen LogP contribution is 2.74. The predicted octanol–water partition coefficient (Wildman–Crippen LogP) is 2.35. The first-order valence-corrected chi connectivity index (χ1v) is 11.6. The van der Waals surface area contributed by atoms with E-state index < -0.39 is 0 Å². The second kappa shape index (κ2) is 5.55. The second-order valence-electron chi connectivity index (χ2n) is 10.5. The Bertz CT molecular complexity index is 896. The average molecular weight is 395 g/mol. The summed E-state index contributed by atoms with van der Waals surface area (Å²) >= 11 is 0. The molecule has 1 aromatic carbocycles. The van der Waals surface area contributed by atoms with Crippen molar-refractivity contribution in [3.05, 3.63) is 29.3 Å². The highest BCUT2D eigenvalue weighted by atomic mass is 16.5. The number of carbonyl (C=O) groups is 1. The minimum atomic E-state index is -0.207. The Labute approximate surface area is 171 Å². The molecule has 3 heterocycles. The molecule has 2 saturated carbocycles. The highest BCUT2D eigenvalue weighted by molar-refractivity contribution is 5.82. The summed E-state index contributed by atoms with van der Waals surface area (Å²) in [5.41, 5.74) is 3.25. The average Bonchev–Trinajstić information content (AvgIpc) is 3.39. The van der Waals surface area contributed by atoms with E-state index in [0.717, 1.165) is 51.8 Å². The van der Waals surface area contributed by atoms with Gasteiger partial charge in [-0.1, -0.05) is 6.07 Å². The van der Waals surface area contributed by atoms with Crippen LogP contribution in [0.1, 0.15) is 49.7 Å². The van der Waals surface area contributed by atoms with Crippen LogP contribution in [0.15, 0.2) is 18.2 Å². The fourth-order valence-corrected chi connectivity index (χ4v) is 9.10. The van der Waals surface area contributed by atoms with Gasteiger partial charge in [0.15, 0.2) is 0 Å². The number of nitrogens with zero attached hydrogens (tertiary/aromatic N) is 1. The quantitative estimate of drug-likeness (QED) is 0.768. The Kier molecular flexibility index (Phi) is 3.28. The van der Waals surface area contributed by atoms with Gasteiger partial charge in [0, 0.05) is 30.7 Å². The second-order valence-corrected chi connectivity index (χ2v) is 10.5. The molecule has 4 bridgehead atoms. The number of carbonyl (C=O) groups excluding carboxylic acids is 1. The van der Waals surface area contributed by atoms with Crippen molar-refractivity contribution >= 4 is 5.91 Å². The maximum absolute atomic E-state index is 13.3. The summed E-state index contributed by atoms with van der Waals surface area (Å²) in [6.45, 7) is 2.70. The van der Waals surface area contributed by atoms with Gasteiger partial charge in [-0.2, -0.15) is 0 Å². The minimum absolute atomic E-state index is 0.119. The molecule has 0 radical (unpaired) electrons.